The summed E-state index contributed by atoms with van der Waals surface area (Å²) in [6.07, 6.45) is 6.24. The molecule has 1 aliphatic rings. The quantitative estimate of drug-likeness (QED) is 0.446. The van der Waals surface area contributed by atoms with Crippen molar-refractivity contribution < 1.29 is 4.79 Å². The van der Waals surface area contributed by atoms with Gasteiger partial charge < -0.3 is 16.0 Å². The third-order valence-electron chi connectivity index (χ3n) is 6.10. The van der Waals surface area contributed by atoms with E-state index in [0.29, 0.717) is 6.54 Å². The van der Waals surface area contributed by atoms with Crippen molar-refractivity contribution in [3.05, 3.63) is 65.7 Å². The average molecular weight is 442 g/mol. The molecule has 168 valence electrons. The van der Waals surface area contributed by atoms with Gasteiger partial charge in [0, 0.05) is 35.9 Å². The summed E-state index contributed by atoms with van der Waals surface area (Å²) in [5.41, 5.74) is 12.4. The molecule has 0 aliphatic carbocycles. The molecule has 0 saturated heterocycles. The van der Waals surface area contributed by atoms with E-state index in [1.807, 2.05) is 24.5 Å². The van der Waals surface area contributed by atoms with Gasteiger partial charge in [0.25, 0.3) is 0 Å². The van der Waals surface area contributed by atoms with Gasteiger partial charge in [-0.1, -0.05) is 6.07 Å². The van der Waals surface area contributed by atoms with Crippen molar-refractivity contribution in [2.24, 2.45) is 5.73 Å². The summed E-state index contributed by atoms with van der Waals surface area (Å²) >= 11 is 0. The number of amides is 1. The molecule has 0 saturated carbocycles. The average Bonchev–Trinajstić information content (AvgIpc) is 3.33. The van der Waals surface area contributed by atoms with Crippen molar-refractivity contribution in [3.63, 3.8) is 0 Å². The number of H-pyrrole nitrogens is 1. The first-order valence-corrected chi connectivity index (χ1v) is 11.0. The molecule has 8 heteroatoms. The number of carbonyl (C=O) groups excluding carboxylic acids is 1. The van der Waals surface area contributed by atoms with Crippen LogP contribution in [-0.2, 0) is 17.8 Å². The fourth-order valence-corrected chi connectivity index (χ4v) is 4.27. The van der Waals surface area contributed by atoms with Crippen LogP contribution in [0.2, 0.25) is 0 Å². The normalized spacial score (nSPS) is 13.8. The number of rotatable bonds is 4. The Morgan fingerprint density at radius 2 is 2.00 bits per heavy atom. The second-order valence-electron chi connectivity index (χ2n) is 9.20. The minimum absolute atomic E-state index is 0.209. The van der Waals surface area contributed by atoms with E-state index in [0.717, 1.165) is 52.1 Å². The van der Waals surface area contributed by atoms with Crippen molar-refractivity contribution in [2.45, 2.75) is 39.3 Å². The molecule has 3 heterocycles. The summed E-state index contributed by atoms with van der Waals surface area (Å²) in [6.45, 7) is 7.02. The van der Waals surface area contributed by atoms with E-state index in [4.69, 9.17) is 5.73 Å². The van der Waals surface area contributed by atoms with Crippen molar-refractivity contribution >= 4 is 28.3 Å². The van der Waals surface area contributed by atoms with Crippen molar-refractivity contribution in [3.8, 4) is 11.1 Å². The van der Waals surface area contributed by atoms with Gasteiger partial charge in [-0.25, -0.2) is 9.97 Å². The molecule has 2 aromatic heterocycles. The molecular weight excluding hydrogens is 414 g/mol. The molecule has 5 rings (SSSR count). The lowest BCUT2D eigenvalue weighted by molar-refractivity contribution is -0.120. The number of nitrogens with one attached hydrogen (secondary N) is 2. The van der Waals surface area contributed by atoms with Crippen LogP contribution in [0.4, 0.5) is 11.5 Å². The summed E-state index contributed by atoms with van der Waals surface area (Å²) in [7, 11) is 0. The fourth-order valence-electron chi connectivity index (χ4n) is 4.27. The summed E-state index contributed by atoms with van der Waals surface area (Å²) in [6, 6.07) is 10.3. The Balaban J connectivity index is 1.50. The molecule has 1 amide bonds. The number of carbonyl (C=O) groups is 1. The van der Waals surface area contributed by atoms with Crippen molar-refractivity contribution in [1.82, 2.24) is 20.2 Å². The minimum atomic E-state index is -0.938. The van der Waals surface area contributed by atoms with E-state index in [-0.39, 0.29) is 5.91 Å². The molecule has 0 unspecified atom stereocenters. The third kappa shape index (κ3) is 4.05. The van der Waals surface area contributed by atoms with Gasteiger partial charge in [-0.2, -0.15) is 5.10 Å². The molecular formula is C25H27N7O. The lowest BCUT2D eigenvalue weighted by atomic mass is 9.97. The van der Waals surface area contributed by atoms with Crippen LogP contribution in [0, 0.1) is 6.92 Å². The van der Waals surface area contributed by atoms with E-state index in [9.17, 15) is 4.79 Å². The summed E-state index contributed by atoms with van der Waals surface area (Å²) in [4.78, 5) is 23.8. The van der Waals surface area contributed by atoms with Gasteiger partial charge in [-0.05, 0) is 73.7 Å². The first-order chi connectivity index (χ1) is 15.8. The van der Waals surface area contributed by atoms with E-state index in [1.165, 1.54) is 11.1 Å². The highest BCUT2D eigenvalue weighted by Crippen LogP contribution is 2.33. The largest absolute Gasteiger partial charge is 0.351 e. The van der Waals surface area contributed by atoms with Gasteiger partial charge in [-0.15, -0.1) is 0 Å². The highest BCUT2D eigenvalue weighted by Gasteiger charge is 2.24. The van der Waals surface area contributed by atoms with Crippen LogP contribution >= 0.6 is 0 Å². The summed E-state index contributed by atoms with van der Waals surface area (Å²) < 4.78 is 0. The van der Waals surface area contributed by atoms with Crippen LogP contribution in [0.25, 0.3) is 22.0 Å². The first kappa shape index (κ1) is 21.1. The van der Waals surface area contributed by atoms with E-state index < -0.39 is 5.54 Å². The maximum atomic E-state index is 12.3. The molecule has 4 aromatic rings. The topological polar surface area (TPSA) is 113 Å². The number of fused-ring (bicyclic) bond motifs is 2. The maximum absolute atomic E-state index is 12.3. The number of hydrogen-bond donors (Lipinski definition) is 3. The molecule has 2 aromatic carbocycles. The first-order valence-electron chi connectivity index (χ1n) is 11.0. The number of hydrogen-bond acceptors (Lipinski definition) is 6. The Morgan fingerprint density at radius 3 is 2.76 bits per heavy atom. The molecule has 1 aliphatic heterocycles. The van der Waals surface area contributed by atoms with Crippen LogP contribution in [0.3, 0.4) is 0 Å². The van der Waals surface area contributed by atoms with Gasteiger partial charge in [0.15, 0.2) is 0 Å². The number of nitrogens with two attached hydrogens (primary N) is 1. The second kappa shape index (κ2) is 7.97. The van der Waals surface area contributed by atoms with E-state index >= 15 is 0 Å². The smallest absolute Gasteiger partial charge is 0.243 e. The number of anilines is 2. The zero-order valence-electron chi connectivity index (χ0n) is 19.0. The molecule has 0 spiro atoms. The fraction of sp³-hybridized carbons (Fsp3) is 0.280. The predicted molar refractivity (Wildman–Crippen MR) is 130 cm³/mol. The lowest BCUT2D eigenvalue weighted by Gasteiger charge is -2.31. The zero-order chi connectivity index (χ0) is 23.2. The molecule has 33 heavy (non-hydrogen) atoms. The molecule has 0 bridgehead atoms. The maximum Gasteiger partial charge on any atom is 0.243 e. The van der Waals surface area contributed by atoms with Crippen molar-refractivity contribution in [2.75, 3.05) is 16.8 Å². The highest BCUT2D eigenvalue weighted by molar-refractivity contribution is 5.97. The standard InChI is InChI=1S/C25H27N7O/c1-15-8-17(19-11-29-30-12-19)10-21-22(15)27-14-28-23(21)32-7-6-16-4-5-20(9-18(16)13-32)31-24(33)25(2,3)26/h4-5,8-12,14H,6-7,13,26H2,1-3H3,(H,29,30)(H,31,33). The van der Waals surface area contributed by atoms with Crippen LogP contribution < -0.4 is 16.0 Å². The van der Waals surface area contributed by atoms with Gasteiger partial charge in [0.05, 0.1) is 17.3 Å². The van der Waals surface area contributed by atoms with Gasteiger partial charge in [0.2, 0.25) is 5.91 Å². The Morgan fingerprint density at radius 1 is 1.15 bits per heavy atom. The lowest BCUT2D eigenvalue weighted by Crippen LogP contribution is -2.45. The van der Waals surface area contributed by atoms with Gasteiger partial charge >= 0.3 is 0 Å². The monoisotopic (exact) mass is 441 g/mol. The number of nitrogens with zero attached hydrogens (tertiary/aromatic N) is 4. The molecule has 0 atom stereocenters. The highest BCUT2D eigenvalue weighted by atomic mass is 16.2. The number of aryl methyl sites for hydroxylation is 1. The Kier molecular flexibility index (Phi) is 5.09. The van der Waals surface area contributed by atoms with Crippen LogP contribution in [0.1, 0.15) is 30.5 Å². The van der Waals surface area contributed by atoms with E-state index in [2.05, 4.69) is 55.5 Å². The Labute approximate surface area is 192 Å². The molecule has 0 fully saturated rings. The number of aromatic nitrogens is 4. The SMILES string of the molecule is Cc1cc(-c2cn[nH]c2)cc2c(N3CCc4ccc(NC(=O)C(C)(C)N)cc4C3)ncnc12. The van der Waals surface area contributed by atoms with Crippen LogP contribution in [-0.4, -0.2) is 38.2 Å². The third-order valence-corrected chi connectivity index (χ3v) is 6.10. The summed E-state index contributed by atoms with van der Waals surface area (Å²) in [5, 5.41) is 10.9. The predicted octanol–water partition coefficient (Wildman–Crippen LogP) is 3.57. The zero-order valence-corrected chi connectivity index (χ0v) is 19.0. The van der Waals surface area contributed by atoms with E-state index in [1.54, 1.807) is 20.2 Å². The van der Waals surface area contributed by atoms with Crippen LogP contribution in [0.15, 0.2) is 49.1 Å². The second-order valence-corrected chi connectivity index (χ2v) is 9.20. The molecule has 8 nitrogen and oxygen atoms in total. The summed E-state index contributed by atoms with van der Waals surface area (Å²) in [5.74, 6) is 0.704. The van der Waals surface area contributed by atoms with Crippen molar-refractivity contribution in [1.29, 1.82) is 0 Å². The van der Waals surface area contributed by atoms with Gasteiger partial charge in [0.1, 0.15) is 12.1 Å². The Hall–Kier alpha value is -3.78. The Bertz CT molecular complexity index is 1340. The molecule has 4 N–H and O–H groups in total. The number of aromatic amines is 1. The number of benzene rings is 2. The minimum Gasteiger partial charge on any atom is -0.351 e. The molecule has 0 radical (unpaired) electrons. The van der Waals surface area contributed by atoms with Crippen LogP contribution in [0.5, 0.6) is 0 Å². The van der Waals surface area contributed by atoms with Gasteiger partial charge in [-0.3, -0.25) is 9.89 Å².